The van der Waals surface area contributed by atoms with Crippen molar-refractivity contribution in [3.8, 4) is 0 Å². The number of benzene rings is 3. The lowest BCUT2D eigenvalue weighted by Gasteiger charge is -2.16. The van der Waals surface area contributed by atoms with Gasteiger partial charge in [0.25, 0.3) is 17.4 Å². The molecule has 0 saturated heterocycles. The number of aromatic nitrogens is 2. The van der Waals surface area contributed by atoms with Gasteiger partial charge in [0.2, 0.25) is 5.78 Å². The fourth-order valence-corrected chi connectivity index (χ4v) is 4.65. The molecule has 0 spiro atoms. The SMILES string of the molecule is Cc1ccccc1N1C(=O)c2ccc(C(=O)OCC(=O)c3c(N)n(Cc4ccccc4)c(=O)n(C)c3=O)cc2C1=O. The van der Waals surface area contributed by atoms with Crippen LogP contribution in [0.1, 0.15) is 52.6 Å². The highest BCUT2D eigenvalue weighted by molar-refractivity contribution is 6.35. The number of hydrogen-bond acceptors (Lipinski definition) is 8. The summed E-state index contributed by atoms with van der Waals surface area (Å²) in [5.41, 5.74) is 5.93. The van der Waals surface area contributed by atoms with Crippen LogP contribution in [0.5, 0.6) is 0 Å². The minimum atomic E-state index is -0.955. The van der Waals surface area contributed by atoms with Gasteiger partial charge in [-0.05, 0) is 42.3 Å². The van der Waals surface area contributed by atoms with Crippen molar-refractivity contribution in [2.45, 2.75) is 13.5 Å². The molecule has 1 aliphatic rings. The summed E-state index contributed by atoms with van der Waals surface area (Å²) in [5.74, 6) is -3.32. The minimum Gasteiger partial charge on any atom is -0.454 e. The molecule has 2 amide bonds. The van der Waals surface area contributed by atoms with E-state index in [9.17, 15) is 28.8 Å². The van der Waals surface area contributed by atoms with Crippen molar-refractivity contribution in [1.29, 1.82) is 0 Å². The number of hydrogen-bond donors (Lipinski definition) is 1. The summed E-state index contributed by atoms with van der Waals surface area (Å²) in [6.07, 6.45) is 0. The molecule has 2 N–H and O–H groups in total. The van der Waals surface area contributed by atoms with E-state index in [4.69, 9.17) is 10.5 Å². The largest absolute Gasteiger partial charge is 0.454 e. The average molecular weight is 553 g/mol. The van der Waals surface area contributed by atoms with E-state index in [1.807, 2.05) is 0 Å². The summed E-state index contributed by atoms with van der Waals surface area (Å²) in [6, 6.07) is 19.7. The molecule has 4 aromatic rings. The third-order valence-electron chi connectivity index (χ3n) is 6.86. The highest BCUT2D eigenvalue weighted by Gasteiger charge is 2.38. The van der Waals surface area contributed by atoms with Gasteiger partial charge in [-0.25, -0.2) is 14.5 Å². The molecule has 0 unspecified atom stereocenters. The Bertz CT molecular complexity index is 1870. The Hall–Kier alpha value is -5.58. The van der Waals surface area contributed by atoms with Crippen LogP contribution in [0.3, 0.4) is 0 Å². The van der Waals surface area contributed by atoms with E-state index >= 15 is 0 Å². The predicted molar refractivity (Wildman–Crippen MR) is 149 cm³/mol. The summed E-state index contributed by atoms with van der Waals surface area (Å²) < 4.78 is 7.00. The van der Waals surface area contributed by atoms with Crippen molar-refractivity contribution >= 4 is 35.1 Å². The lowest BCUT2D eigenvalue weighted by atomic mass is 10.1. The normalized spacial score (nSPS) is 12.4. The number of esters is 1. The van der Waals surface area contributed by atoms with Gasteiger partial charge in [0.1, 0.15) is 11.4 Å². The van der Waals surface area contributed by atoms with Crippen molar-refractivity contribution < 1.29 is 23.9 Å². The Kier molecular flexibility index (Phi) is 6.94. The summed E-state index contributed by atoms with van der Waals surface area (Å²) in [4.78, 5) is 78.4. The number of carbonyl (C=O) groups excluding carboxylic acids is 4. The zero-order valence-corrected chi connectivity index (χ0v) is 22.1. The summed E-state index contributed by atoms with van der Waals surface area (Å²) in [7, 11) is 1.22. The second-order valence-electron chi connectivity index (χ2n) is 9.47. The third kappa shape index (κ3) is 4.73. The number of imide groups is 1. The fraction of sp³-hybridized carbons (Fsp3) is 0.133. The van der Waals surface area contributed by atoms with E-state index in [2.05, 4.69) is 0 Å². The number of fused-ring (bicyclic) bond motifs is 1. The smallest absolute Gasteiger partial charge is 0.338 e. The number of nitrogens with zero attached hydrogens (tertiary/aromatic N) is 3. The maximum absolute atomic E-state index is 13.1. The number of nitrogen functional groups attached to an aromatic ring is 1. The van der Waals surface area contributed by atoms with Crippen molar-refractivity contribution in [2.24, 2.45) is 7.05 Å². The van der Waals surface area contributed by atoms with E-state index in [1.165, 1.54) is 25.2 Å². The standard InChI is InChI=1S/C30H24N4O7/c1-17-8-6-7-11-22(17)34-26(36)20-13-12-19(14-21(20)27(34)37)29(39)41-16-23(35)24-25(31)33(30(40)32(2)28(24)38)15-18-9-4-3-5-10-18/h3-14H,15-16,31H2,1-2H3. The molecule has 11 nitrogen and oxygen atoms in total. The number of amides is 2. The Labute approximate surface area is 233 Å². The van der Waals surface area contributed by atoms with Crippen LogP contribution < -0.4 is 21.9 Å². The molecule has 5 rings (SSSR count). The van der Waals surface area contributed by atoms with E-state index in [-0.39, 0.29) is 29.1 Å². The Morgan fingerprint density at radius 2 is 1.51 bits per heavy atom. The van der Waals surface area contributed by atoms with Crippen molar-refractivity contribution in [2.75, 3.05) is 17.2 Å². The Morgan fingerprint density at radius 3 is 2.22 bits per heavy atom. The monoisotopic (exact) mass is 552 g/mol. The van der Waals surface area contributed by atoms with Gasteiger partial charge in [0.05, 0.1) is 28.9 Å². The molecule has 206 valence electrons. The zero-order chi connectivity index (χ0) is 29.4. The first-order valence-corrected chi connectivity index (χ1v) is 12.5. The molecule has 1 aliphatic heterocycles. The Balaban J connectivity index is 1.36. The van der Waals surface area contributed by atoms with E-state index in [0.717, 1.165) is 25.2 Å². The van der Waals surface area contributed by atoms with Crippen molar-refractivity contribution in [1.82, 2.24) is 9.13 Å². The van der Waals surface area contributed by atoms with E-state index in [0.29, 0.717) is 5.69 Å². The fourth-order valence-electron chi connectivity index (χ4n) is 4.65. The number of ether oxygens (including phenoxy) is 1. The van der Waals surface area contributed by atoms with Gasteiger partial charge in [-0.3, -0.25) is 28.3 Å². The molecular formula is C30H24N4O7. The molecule has 0 atom stereocenters. The first kappa shape index (κ1) is 27.0. The third-order valence-corrected chi connectivity index (χ3v) is 6.86. The number of ketones is 1. The van der Waals surface area contributed by atoms with Crippen LogP contribution in [-0.4, -0.2) is 39.3 Å². The van der Waals surface area contributed by atoms with Crippen LogP contribution in [0, 0.1) is 6.92 Å². The van der Waals surface area contributed by atoms with Gasteiger partial charge in [0, 0.05) is 7.05 Å². The van der Waals surface area contributed by atoms with Gasteiger partial charge < -0.3 is 10.5 Å². The van der Waals surface area contributed by atoms with Gasteiger partial charge in [0.15, 0.2) is 6.61 Å². The van der Waals surface area contributed by atoms with Gasteiger partial charge >= 0.3 is 11.7 Å². The summed E-state index contributed by atoms with van der Waals surface area (Å²) >= 11 is 0. The molecule has 41 heavy (non-hydrogen) atoms. The number of nitrogens with two attached hydrogens (primary N) is 1. The Morgan fingerprint density at radius 1 is 0.854 bits per heavy atom. The molecule has 0 aliphatic carbocycles. The van der Waals surface area contributed by atoms with Crippen molar-refractivity contribution in [3.63, 3.8) is 0 Å². The molecule has 0 bridgehead atoms. The summed E-state index contributed by atoms with van der Waals surface area (Å²) in [6.45, 7) is 0.939. The molecule has 2 heterocycles. The zero-order valence-electron chi connectivity index (χ0n) is 22.1. The second-order valence-corrected chi connectivity index (χ2v) is 9.47. The number of anilines is 2. The van der Waals surface area contributed by atoms with Crippen LogP contribution in [0.4, 0.5) is 11.5 Å². The first-order chi connectivity index (χ1) is 19.6. The number of para-hydroxylation sites is 1. The molecule has 11 heteroatoms. The summed E-state index contributed by atoms with van der Waals surface area (Å²) in [5, 5.41) is 0. The topological polar surface area (TPSA) is 151 Å². The number of aryl methyl sites for hydroxylation is 1. The lowest BCUT2D eigenvalue weighted by molar-refractivity contribution is 0.0474. The highest BCUT2D eigenvalue weighted by atomic mass is 16.5. The molecular weight excluding hydrogens is 528 g/mol. The van der Waals surface area contributed by atoms with E-state index in [1.54, 1.807) is 61.5 Å². The van der Waals surface area contributed by atoms with Gasteiger partial charge in [-0.1, -0.05) is 48.5 Å². The van der Waals surface area contributed by atoms with Crippen molar-refractivity contribution in [3.05, 3.63) is 127 Å². The molecule has 1 aromatic heterocycles. The molecule has 3 aromatic carbocycles. The molecule has 0 radical (unpaired) electrons. The van der Waals surface area contributed by atoms with Crippen LogP contribution in [0.2, 0.25) is 0 Å². The first-order valence-electron chi connectivity index (χ1n) is 12.5. The minimum absolute atomic E-state index is 0.0150. The van der Waals surface area contributed by atoms with Crippen LogP contribution >= 0.6 is 0 Å². The average Bonchev–Trinajstić information content (AvgIpc) is 3.22. The predicted octanol–water partition coefficient (Wildman–Crippen LogP) is 2.33. The second kappa shape index (κ2) is 10.5. The van der Waals surface area contributed by atoms with Crippen LogP contribution in [0.25, 0.3) is 0 Å². The molecule has 0 fully saturated rings. The van der Waals surface area contributed by atoms with Crippen LogP contribution in [0.15, 0.2) is 82.4 Å². The maximum Gasteiger partial charge on any atom is 0.338 e. The molecule has 0 saturated carbocycles. The number of carbonyl (C=O) groups is 4. The van der Waals surface area contributed by atoms with E-state index < -0.39 is 47.0 Å². The number of rotatable bonds is 7. The van der Waals surface area contributed by atoms with Gasteiger partial charge in [-0.2, -0.15) is 0 Å². The maximum atomic E-state index is 13.1. The highest BCUT2D eigenvalue weighted by Crippen LogP contribution is 2.31. The quantitative estimate of drug-likeness (QED) is 0.208. The number of Topliss-reactive ketones (excluding diaryl/α,β-unsaturated/α-hetero) is 1. The van der Waals surface area contributed by atoms with Crippen LogP contribution in [-0.2, 0) is 18.3 Å². The lowest BCUT2D eigenvalue weighted by Crippen LogP contribution is -2.43. The van der Waals surface area contributed by atoms with Gasteiger partial charge in [-0.15, -0.1) is 0 Å².